The van der Waals surface area contributed by atoms with Crippen LogP contribution in [-0.4, -0.2) is 5.78 Å². The van der Waals surface area contributed by atoms with Gasteiger partial charge in [0, 0.05) is 22.1 Å². The highest BCUT2D eigenvalue weighted by atomic mass is 79.9. The van der Waals surface area contributed by atoms with Crippen molar-refractivity contribution in [2.75, 3.05) is 5.73 Å². The van der Waals surface area contributed by atoms with Crippen molar-refractivity contribution >= 4 is 27.4 Å². The summed E-state index contributed by atoms with van der Waals surface area (Å²) in [5.74, 6) is -2.11. The van der Waals surface area contributed by atoms with Gasteiger partial charge in [0.05, 0.1) is 0 Å². The number of anilines is 1. The van der Waals surface area contributed by atoms with Gasteiger partial charge in [0.15, 0.2) is 17.4 Å². The summed E-state index contributed by atoms with van der Waals surface area (Å²) in [6, 6.07) is 8.30. The molecule has 0 aliphatic carbocycles. The molecule has 2 rings (SSSR count). The molecule has 0 aliphatic rings. The second-order valence-electron chi connectivity index (χ2n) is 4.09. The molecule has 0 radical (unpaired) electrons. The summed E-state index contributed by atoms with van der Waals surface area (Å²) in [6.07, 6.45) is -0.0146. The zero-order valence-electron chi connectivity index (χ0n) is 9.79. The summed E-state index contributed by atoms with van der Waals surface area (Å²) in [5, 5.41) is 0. The second kappa shape index (κ2) is 5.48. The zero-order valence-corrected chi connectivity index (χ0v) is 11.4. The average molecular weight is 326 g/mol. The summed E-state index contributed by atoms with van der Waals surface area (Å²) < 4.78 is 26.5. The largest absolute Gasteiger partial charge is 0.399 e. The van der Waals surface area contributed by atoms with Crippen LogP contribution >= 0.6 is 15.9 Å². The van der Waals surface area contributed by atoms with Gasteiger partial charge in [0.1, 0.15) is 0 Å². The van der Waals surface area contributed by atoms with Gasteiger partial charge in [-0.1, -0.05) is 22.0 Å². The Balaban J connectivity index is 2.25. The van der Waals surface area contributed by atoms with Gasteiger partial charge in [0.25, 0.3) is 0 Å². The first-order chi connectivity index (χ1) is 8.97. The van der Waals surface area contributed by atoms with Crippen LogP contribution in [0.25, 0.3) is 0 Å². The smallest absolute Gasteiger partial charge is 0.168 e. The number of carbonyl (C=O) groups is 1. The van der Waals surface area contributed by atoms with E-state index in [0.29, 0.717) is 21.3 Å². The molecule has 0 aliphatic heterocycles. The van der Waals surface area contributed by atoms with Crippen molar-refractivity contribution in [2.45, 2.75) is 6.42 Å². The highest BCUT2D eigenvalue weighted by Gasteiger charge is 2.12. The van der Waals surface area contributed by atoms with E-state index in [9.17, 15) is 13.6 Å². The predicted molar refractivity (Wildman–Crippen MR) is 72.9 cm³/mol. The third kappa shape index (κ3) is 3.17. The van der Waals surface area contributed by atoms with Crippen molar-refractivity contribution in [1.29, 1.82) is 0 Å². The first-order valence-corrected chi connectivity index (χ1v) is 6.29. The van der Waals surface area contributed by atoms with Crippen molar-refractivity contribution in [2.24, 2.45) is 0 Å². The number of nitrogen functional groups attached to an aromatic ring is 1. The Morgan fingerprint density at radius 2 is 1.84 bits per heavy atom. The number of carbonyl (C=O) groups excluding carboxylic acids is 1. The molecule has 2 aromatic rings. The van der Waals surface area contributed by atoms with Crippen molar-refractivity contribution in [3.63, 3.8) is 0 Å². The molecular weight excluding hydrogens is 316 g/mol. The third-order valence-corrected chi connectivity index (χ3v) is 3.33. The van der Waals surface area contributed by atoms with Crippen LogP contribution in [-0.2, 0) is 6.42 Å². The van der Waals surface area contributed by atoms with E-state index in [-0.39, 0.29) is 12.2 Å². The Hall–Kier alpha value is -1.75. The molecule has 5 heteroatoms. The molecule has 2 N–H and O–H groups in total. The number of ketones is 1. The number of benzene rings is 2. The molecule has 19 heavy (non-hydrogen) atoms. The Labute approximate surface area is 117 Å². The first-order valence-electron chi connectivity index (χ1n) is 5.49. The number of rotatable bonds is 3. The second-order valence-corrected chi connectivity index (χ2v) is 4.94. The molecular formula is C14H10BrF2NO. The summed E-state index contributed by atoms with van der Waals surface area (Å²) >= 11 is 3.26. The van der Waals surface area contributed by atoms with E-state index >= 15 is 0 Å². The van der Waals surface area contributed by atoms with Crippen molar-refractivity contribution < 1.29 is 13.6 Å². The molecule has 0 bridgehead atoms. The topological polar surface area (TPSA) is 43.1 Å². The minimum atomic E-state index is -0.961. The lowest BCUT2D eigenvalue weighted by molar-refractivity contribution is 0.0992. The number of halogens is 3. The van der Waals surface area contributed by atoms with Gasteiger partial charge in [-0.25, -0.2) is 8.78 Å². The van der Waals surface area contributed by atoms with Crippen LogP contribution in [0.3, 0.4) is 0 Å². The average Bonchev–Trinajstić information content (AvgIpc) is 2.36. The number of nitrogens with two attached hydrogens (primary N) is 1. The van der Waals surface area contributed by atoms with Crippen LogP contribution in [0.2, 0.25) is 0 Å². The SMILES string of the molecule is Nc1ccc(Br)c(C(=O)Cc2ccc(F)c(F)c2)c1. The molecule has 2 nitrogen and oxygen atoms in total. The maximum atomic E-state index is 13.1. The molecule has 0 saturated heterocycles. The van der Waals surface area contributed by atoms with Gasteiger partial charge in [0.2, 0.25) is 0 Å². The molecule has 0 atom stereocenters. The molecule has 2 aromatic carbocycles. The van der Waals surface area contributed by atoms with Crippen molar-refractivity contribution in [3.8, 4) is 0 Å². The maximum absolute atomic E-state index is 13.1. The molecule has 0 fully saturated rings. The van der Waals surface area contributed by atoms with E-state index in [0.717, 1.165) is 12.1 Å². The van der Waals surface area contributed by atoms with E-state index in [1.807, 2.05) is 0 Å². The molecule has 0 spiro atoms. The van der Waals surface area contributed by atoms with Crippen LogP contribution in [0, 0.1) is 11.6 Å². The van der Waals surface area contributed by atoms with Gasteiger partial charge in [-0.2, -0.15) is 0 Å². The number of hydrogen-bond donors (Lipinski definition) is 1. The molecule has 0 saturated carbocycles. The zero-order chi connectivity index (χ0) is 14.0. The number of Topliss-reactive ketones (excluding diaryl/α,β-unsaturated/α-hetero) is 1. The van der Waals surface area contributed by atoms with Crippen LogP contribution < -0.4 is 5.73 Å². The minimum absolute atomic E-state index is 0.0146. The summed E-state index contributed by atoms with van der Waals surface area (Å²) in [5.41, 5.74) is 6.93. The highest BCUT2D eigenvalue weighted by Crippen LogP contribution is 2.21. The van der Waals surface area contributed by atoms with E-state index in [4.69, 9.17) is 5.73 Å². The van der Waals surface area contributed by atoms with Gasteiger partial charge < -0.3 is 5.73 Å². The molecule has 0 heterocycles. The third-order valence-electron chi connectivity index (χ3n) is 2.64. The monoisotopic (exact) mass is 325 g/mol. The van der Waals surface area contributed by atoms with Crippen molar-refractivity contribution in [1.82, 2.24) is 0 Å². The molecule has 0 unspecified atom stereocenters. The first kappa shape index (κ1) is 13.7. The van der Waals surface area contributed by atoms with E-state index in [1.165, 1.54) is 6.07 Å². The van der Waals surface area contributed by atoms with Crippen LogP contribution in [0.15, 0.2) is 40.9 Å². The fourth-order valence-corrected chi connectivity index (χ4v) is 2.15. The normalized spacial score (nSPS) is 10.5. The van der Waals surface area contributed by atoms with Crippen LogP contribution in [0.4, 0.5) is 14.5 Å². The van der Waals surface area contributed by atoms with E-state index in [1.54, 1.807) is 18.2 Å². The maximum Gasteiger partial charge on any atom is 0.168 e. The standard InChI is InChI=1S/C14H10BrF2NO/c15-11-3-2-9(18)7-10(11)14(19)6-8-1-4-12(16)13(17)5-8/h1-5,7H,6,18H2. The van der Waals surface area contributed by atoms with Gasteiger partial charge in [-0.15, -0.1) is 0 Å². The Morgan fingerprint density at radius 1 is 1.11 bits per heavy atom. The highest BCUT2D eigenvalue weighted by molar-refractivity contribution is 9.10. The van der Waals surface area contributed by atoms with Crippen LogP contribution in [0.1, 0.15) is 15.9 Å². The fraction of sp³-hybridized carbons (Fsp3) is 0.0714. The molecule has 0 aromatic heterocycles. The lowest BCUT2D eigenvalue weighted by atomic mass is 10.0. The summed E-state index contributed by atoms with van der Waals surface area (Å²) in [6.45, 7) is 0. The molecule has 98 valence electrons. The summed E-state index contributed by atoms with van der Waals surface area (Å²) in [7, 11) is 0. The van der Waals surface area contributed by atoms with Gasteiger partial charge in [-0.05, 0) is 35.9 Å². The number of hydrogen-bond acceptors (Lipinski definition) is 2. The molecule has 0 amide bonds. The summed E-state index contributed by atoms with van der Waals surface area (Å²) in [4.78, 5) is 12.1. The van der Waals surface area contributed by atoms with E-state index < -0.39 is 11.6 Å². The lowest BCUT2D eigenvalue weighted by Gasteiger charge is -2.05. The van der Waals surface area contributed by atoms with Crippen LogP contribution in [0.5, 0.6) is 0 Å². The van der Waals surface area contributed by atoms with E-state index in [2.05, 4.69) is 15.9 Å². The minimum Gasteiger partial charge on any atom is -0.399 e. The van der Waals surface area contributed by atoms with Gasteiger partial charge >= 0.3 is 0 Å². The lowest BCUT2D eigenvalue weighted by Crippen LogP contribution is -2.06. The Kier molecular flexibility index (Phi) is 3.95. The van der Waals surface area contributed by atoms with Gasteiger partial charge in [-0.3, -0.25) is 4.79 Å². The predicted octanol–water partition coefficient (Wildman–Crippen LogP) is 3.73. The van der Waals surface area contributed by atoms with Crippen molar-refractivity contribution in [3.05, 3.63) is 63.6 Å². The Bertz CT molecular complexity index is 643. The Morgan fingerprint density at radius 3 is 2.53 bits per heavy atom. The quantitative estimate of drug-likeness (QED) is 0.690. The fourth-order valence-electron chi connectivity index (χ4n) is 1.69.